The minimum absolute atomic E-state index is 0.435. The summed E-state index contributed by atoms with van der Waals surface area (Å²) in [5, 5.41) is 9.91. The predicted molar refractivity (Wildman–Crippen MR) is 73.9 cm³/mol. The SMILES string of the molecule is Oc1cccc2c1CCCN2Cc1ccccc1. The molecular weight excluding hydrogens is 222 g/mol. The van der Waals surface area contributed by atoms with Crippen LogP contribution in [0.4, 0.5) is 5.69 Å². The molecule has 18 heavy (non-hydrogen) atoms. The van der Waals surface area contributed by atoms with Gasteiger partial charge < -0.3 is 10.0 Å². The molecule has 1 aliphatic heterocycles. The number of nitrogens with zero attached hydrogens (tertiary/aromatic N) is 1. The number of hydrogen-bond donors (Lipinski definition) is 1. The summed E-state index contributed by atoms with van der Waals surface area (Å²) in [5.74, 6) is 0.435. The zero-order valence-electron chi connectivity index (χ0n) is 10.3. The topological polar surface area (TPSA) is 23.5 Å². The van der Waals surface area contributed by atoms with Gasteiger partial charge in [0.15, 0.2) is 0 Å². The van der Waals surface area contributed by atoms with Crippen molar-refractivity contribution in [2.24, 2.45) is 0 Å². The highest BCUT2D eigenvalue weighted by atomic mass is 16.3. The van der Waals surface area contributed by atoms with Gasteiger partial charge in [-0.05, 0) is 30.5 Å². The number of fused-ring (bicyclic) bond motifs is 1. The predicted octanol–water partition coefficient (Wildman–Crippen LogP) is 3.35. The average molecular weight is 239 g/mol. The molecule has 1 aliphatic rings. The van der Waals surface area contributed by atoms with Crippen molar-refractivity contribution in [1.82, 2.24) is 0 Å². The highest BCUT2D eigenvalue weighted by Crippen LogP contribution is 2.34. The zero-order chi connectivity index (χ0) is 12.4. The molecule has 0 amide bonds. The van der Waals surface area contributed by atoms with E-state index in [1.165, 1.54) is 11.3 Å². The van der Waals surface area contributed by atoms with Crippen molar-refractivity contribution < 1.29 is 5.11 Å². The van der Waals surface area contributed by atoms with Gasteiger partial charge in [0.05, 0.1) is 0 Å². The maximum atomic E-state index is 9.91. The number of benzene rings is 2. The van der Waals surface area contributed by atoms with Crippen LogP contribution in [-0.2, 0) is 13.0 Å². The quantitative estimate of drug-likeness (QED) is 0.868. The summed E-state index contributed by atoms with van der Waals surface area (Å²) in [6.45, 7) is 1.97. The Labute approximate surface area is 107 Å². The molecule has 0 saturated heterocycles. The van der Waals surface area contributed by atoms with E-state index >= 15 is 0 Å². The Morgan fingerprint density at radius 2 is 1.83 bits per heavy atom. The van der Waals surface area contributed by atoms with Crippen LogP contribution in [0.25, 0.3) is 0 Å². The fourth-order valence-corrected chi connectivity index (χ4v) is 2.65. The molecule has 1 N–H and O–H groups in total. The molecule has 0 aromatic heterocycles. The van der Waals surface area contributed by atoms with Crippen molar-refractivity contribution >= 4 is 5.69 Å². The summed E-state index contributed by atoms with van der Waals surface area (Å²) in [7, 11) is 0. The molecule has 2 aromatic rings. The normalized spacial score (nSPS) is 14.3. The van der Waals surface area contributed by atoms with Gasteiger partial charge in [0.2, 0.25) is 0 Å². The first-order valence-electron chi connectivity index (χ1n) is 6.44. The summed E-state index contributed by atoms with van der Waals surface area (Å²) in [5.41, 5.74) is 3.60. The first-order chi connectivity index (χ1) is 8.84. The van der Waals surface area contributed by atoms with Crippen molar-refractivity contribution in [2.75, 3.05) is 11.4 Å². The van der Waals surface area contributed by atoms with E-state index in [2.05, 4.69) is 35.2 Å². The molecular formula is C16H17NO. The van der Waals surface area contributed by atoms with E-state index in [0.29, 0.717) is 5.75 Å². The van der Waals surface area contributed by atoms with Gasteiger partial charge in [-0.25, -0.2) is 0 Å². The second-order valence-electron chi connectivity index (χ2n) is 4.79. The summed E-state index contributed by atoms with van der Waals surface area (Å²) >= 11 is 0. The lowest BCUT2D eigenvalue weighted by molar-refractivity contribution is 0.464. The van der Waals surface area contributed by atoms with Gasteiger partial charge in [-0.1, -0.05) is 36.4 Å². The molecule has 0 radical (unpaired) electrons. The van der Waals surface area contributed by atoms with Crippen molar-refractivity contribution in [3.05, 3.63) is 59.7 Å². The van der Waals surface area contributed by atoms with Crippen LogP contribution in [0.2, 0.25) is 0 Å². The smallest absolute Gasteiger partial charge is 0.120 e. The van der Waals surface area contributed by atoms with Crippen LogP contribution in [0.3, 0.4) is 0 Å². The third-order valence-electron chi connectivity index (χ3n) is 3.54. The minimum atomic E-state index is 0.435. The molecule has 0 atom stereocenters. The average Bonchev–Trinajstić information content (AvgIpc) is 2.41. The van der Waals surface area contributed by atoms with Crippen LogP contribution in [-0.4, -0.2) is 11.7 Å². The van der Waals surface area contributed by atoms with Crippen molar-refractivity contribution in [2.45, 2.75) is 19.4 Å². The number of hydrogen-bond acceptors (Lipinski definition) is 2. The maximum Gasteiger partial charge on any atom is 0.120 e. The first kappa shape index (κ1) is 11.1. The van der Waals surface area contributed by atoms with E-state index in [-0.39, 0.29) is 0 Å². The highest BCUT2D eigenvalue weighted by molar-refractivity contribution is 5.60. The van der Waals surface area contributed by atoms with Crippen molar-refractivity contribution in [1.29, 1.82) is 0 Å². The second-order valence-corrected chi connectivity index (χ2v) is 4.79. The van der Waals surface area contributed by atoms with Gasteiger partial charge in [-0.15, -0.1) is 0 Å². The molecule has 0 fully saturated rings. The standard InChI is InChI=1S/C16H17NO/c18-16-10-4-9-15-14(16)8-5-11-17(15)12-13-6-2-1-3-7-13/h1-4,6-7,9-10,18H,5,8,11-12H2. The van der Waals surface area contributed by atoms with Crippen molar-refractivity contribution in [3.8, 4) is 5.75 Å². The number of anilines is 1. The van der Waals surface area contributed by atoms with Gasteiger partial charge in [0, 0.05) is 24.3 Å². The Morgan fingerprint density at radius 3 is 2.67 bits per heavy atom. The molecule has 2 aromatic carbocycles. The van der Waals surface area contributed by atoms with E-state index in [0.717, 1.165) is 31.5 Å². The first-order valence-corrected chi connectivity index (χ1v) is 6.44. The van der Waals surface area contributed by atoms with E-state index in [1.54, 1.807) is 6.07 Å². The van der Waals surface area contributed by atoms with E-state index in [4.69, 9.17) is 0 Å². The molecule has 0 spiro atoms. The van der Waals surface area contributed by atoms with Crippen LogP contribution in [0.5, 0.6) is 5.75 Å². The molecule has 0 aliphatic carbocycles. The van der Waals surface area contributed by atoms with E-state index < -0.39 is 0 Å². The lowest BCUT2D eigenvalue weighted by Crippen LogP contribution is -2.28. The fourth-order valence-electron chi connectivity index (χ4n) is 2.65. The molecule has 3 rings (SSSR count). The molecule has 0 saturated carbocycles. The summed E-state index contributed by atoms with van der Waals surface area (Å²) < 4.78 is 0. The second kappa shape index (κ2) is 4.73. The Morgan fingerprint density at radius 1 is 1.00 bits per heavy atom. The van der Waals surface area contributed by atoms with E-state index in [9.17, 15) is 5.11 Å². The molecule has 92 valence electrons. The third-order valence-corrected chi connectivity index (χ3v) is 3.54. The Balaban J connectivity index is 1.90. The van der Waals surface area contributed by atoms with Gasteiger partial charge in [0.25, 0.3) is 0 Å². The molecule has 0 bridgehead atoms. The third kappa shape index (κ3) is 2.06. The summed E-state index contributed by atoms with van der Waals surface area (Å²) in [6, 6.07) is 16.3. The highest BCUT2D eigenvalue weighted by Gasteiger charge is 2.19. The molecule has 0 unspecified atom stereocenters. The Bertz CT molecular complexity index is 536. The van der Waals surface area contributed by atoms with Crippen molar-refractivity contribution in [3.63, 3.8) is 0 Å². The number of phenols is 1. The fraction of sp³-hybridized carbons (Fsp3) is 0.250. The zero-order valence-corrected chi connectivity index (χ0v) is 10.3. The number of aromatic hydroxyl groups is 1. The lowest BCUT2D eigenvalue weighted by Gasteiger charge is -2.31. The summed E-state index contributed by atoms with van der Waals surface area (Å²) in [4.78, 5) is 2.36. The Hall–Kier alpha value is -1.96. The van der Waals surface area contributed by atoms with Crippen LogP contribution >= 0.6 is 0 Å². The number of rotatable bonds is 2. The van der Waals surface area contributed by atoms with Crippen LogP contribution in [0, 0.1) is 0 Å². The van der Waals surface area contributed by atoms with Gasteiger partial charge in [-0.2, -0.15) is 0 Å². The van der Waals surface area contributed by atoms with Crippen LogP contribution in [0.1, 0.15) is 17.5 Å². The molecule has 2 nitrogen and oxygen atoms in total. The lowest BCUT2D eigenvalue weighted by atomic mass is 10.00. The van der Waals surface area contributed by atoms with Crippen LogP contribution in [0.15, 0.2) is 48.5 Å². The van der Waals surface area contributed by atoms with Gasteiger partial charge in [-0.3, -0.25) is 0 Å². The largest absolute Gasteiger partial charge is 0.508 e. The van der Waals surface area contributed by atoms with E-state index in [1.807, 2.05) is 12.1 Å². The van der Waals surface area contributed by atoms with Gasteiger partial charge in [0.1, 0.15) is 5.75 Å². The monoisotopic (exact) mass is 239 g/mol. The summed E-state index contributed by atoms with van der Waals surface area (Å²) in [6.07, 6.45) is 2.09. The maximum absolute atomic E-state index is 9.91. The van der Waals surface area contributed by atoms with Gasteiger partial charge >= 0.3 is 0 Å². The number of phenolic OH excluding ortho intramolecular Hbond substituents is 1. The van der Waals surface area contributed by atoms with Crippen LogP contribution < -0.4 is 4.90 Å². The minimum Gasteiger partial charge on any atom is -0.508 e. The molecule has 2 heteroatoms. The molecule has 1 heterocycles. The Kier molecular flexibility index (Phi) is 2.93.